The lowest BCUT2D eigenvalue weighted by molar-refractivity contribution is 0.115. The SMILES string of the molecule is c1ccc2c(c1)Cc1ccccc1OCO2. The Bertz CT molecular complexity index is 460. The van der Waals surface area contributed by atoms with E-state index in [-0.39, 0.29) is 6.79 Å². The molecule has 1 aliphatic rings. The van der Waals surface area contributed by atoms with E-state index < -0.39 is 0 Å². The molecule has 0 amide bonds. The first-order valence-corrected chi connectivity index (χ1v) is 5.35. The summed E-state index contributed by atoms with van der Waals surface area (Å²) in [7, 11) is 0. The van der Waals surface area contributed by atoms with Crippen LogP contribution >= 0.6 is 0 Å². The topological polar surface area (TPSA) is 18.5 Å². The van der Waals surface area contributed by atoms with Crippen molar-refractivity contribution in [2.75, 3.05) is 6.79 Å². The van der Waals surface area contributed by atoms with E-state index in [4.69, 9.17) is 9.47 Å². The molecule has 0 fully saturated rings. The zero-order valence-electron chi connectivity index (χ0n) is 8.85. The fourth-order valence-electron chi connectivity index (χ4n) is 1.94. The normalized spacial score (nSPS) is 13.5. The minimum Gasteiger partial charge on any atom is -0.457 e. The second kappa shape index (κ2) is 3.89. The van der Waals surface area contributed by atoms with Gasteiger partial charge in [0.05, 0.1) is 0 Å². The Morgan fingerprint density at radius 2 is 1.19 bits per heavy atom. The summed E-state index contributed by atoms with van der Waals surface area (Å²) < 4.78 is 11.1. The largest absolute Gasteiger partial charge is 0.457 e. The maximum atomic E-state index is 5.56. The maximum Gasteiger partial charge on any atom is 0.230 e. The number of benzene rings is 2. The number of hydrogen-bond donors (Lipinski definition) is 0. The standard InChI is InChI=1S/C14H12O2/c1-3-7-13-11(5-1)9-12-6-2-4-8-14(12)16-10-15-13/h1-8H,9-10H2. The number of para-hydroxylation sites is 2. The third-order valence-electron chi connectivity index (χ3n) is 2.75. The van der Waals surface area contributed by atoms with Gasteiger partial charge in [-0.05, 0) is 23.3 Å². The summed E-state index contributed by atoms with van der Waals surface area (Å²) >= 11 is 0. The van der Waals surface area contributed by atoms with Gasteiger partial charge in [-0.2, -0.15) is 0 Å². The number of fused-ring (bicyclic) bond motifs is 2. The molecule has 1 aliphatic heterocycles. The third-order valence-corrected chi connectivity index (χ3v) is 2.75. The monoisotopic (exact) mass is 212 g/mol. The lowest BCUT2D eigenvalue weighted by atomic mass is 10.0. The molecule has 0 bridgehead atoms. The average Bonchev–Trinajstić information content (AvgIpc) is 2.29. The molecule has 0 aliphatic carbocycles. The van der Waals surface area contributed by atoms with E-state index in [0.29, 0.717) is 0 Å². The molecule has 0 saturated heterocycles. The van der Waals surface area contributed by atoms with Crippen molar-refractivity contribution < 1.29 is 9.47 Å². The lowest BCUT2D eigenvalue weighted by Crippen LogP contribution is -2.11. The summed E-state index contributed by atoms with van der Waals surface area (Å²) in [5, 5.41) is 0. The molecule has 2 aromatic carbocycles. The van der Waals surface area contributed by atoms with Gasteiger partial charge in [0.15, 0.2) is 0 Å². The van der Waals surface area contributed by atoms with E-state index >= 15 is 0 Å². The molecule has 0 N–H and O–H groups in total. The van der Waals surface area contributed by atoms with E-state index in [1.54, 1.807) is 0 Å². The van der Waals surface area contributed by atoms with Gasteiger partial charge in [0, 0.05) is 6.42 Å². The second-order valence-electron chi connectivity index (χ2n) is 3.80. The van der Waals surface area contributed by atoms with Crippen LogP contribution in [0.15, 0.2) is 48.5 Å². The van der Waals surface area contributed by atoms with Crippen LogP contribution in [0.4, 0.5) is 0 Å². The second-order valence-corrected chi connectivity index (χ2v) is 3.80. The molecular formula is C14H12O2. The molecule has 0 atom stereocenters. The first-order chi connectivity index (χ1) is 7.93. The van der Waals surface area contributed by atoms with Crippen LogP contribution in [0.1, 0.15) is 11.1 Å². The van der Waals surface area contributed by atoms with Crippen LogP contribution in [0, 0.1) is 0 Å². The van der Waals surface area contributed by atoms with E-state index in [9.17, 15) is 0 Å². The van der Waals surface area contributed by atoms with E-state index in [2.05, 4.69) is 12.1 Å². The minimum atomic E-state index is 0.272. The molecule has 80 valence electrons. The van der Waals surface area contributed by atoms with Crippen LogP contribution in [-0.2, 0) is 6.42 Å². The smallest absolute Gasteiger partial charge is 0.230 e. The van der Waals surface area contributed by atoms with Gasteiger partial charge in [0.1, 0.15) is 11.5 Å². The molecule has 1 heterocycles. The van der Waals surface area contributed by atoms with Crippen LogP contribution < -0.4 is 9.47 Å². The van der Waals surface area contributed by atoms with Crippen molar-refractivity contribution in [3.05, 3.63) is 59.7 Å². The summed E-state index contributed by atoms with van der Waals surface area (Å²) in [6.07, 6.45) is 0.854. The Labute approximate surface area is 94.4 Å². The first-order valence-electron chi connectivity index (χ1n) is 5.35. The Balaban J connectivity index is 2.06. The van der Waals surface area contributed by atoms with Gasteiger partial charge in [0.2, 0.25) is 6.79 Å². The maximum absolute atomic E-state index is 5.56. The number of ether oxygens (including phenoxy) is 2. The lowest BCUT2D eigenvalue weighted by Gasteiger charge is -2.18. The fraction of sp³-hybridized carbons (Fsp3) is 0.143. The highest BCUT2D eigenvalue weighted by molar-refractivity contribution is 5.43. The van der Waals surface area contributed by atoms with E-state index in [1.807, 2.05) is 36.4 Å². The molecule has 0 spiro atoms. The first kappa shape index (κ1) is 9.28. The van der Waals surface area contributed by atoms with Gasteiger partial charge < -0.3 is 9.47 Å². The minimum absolute atomic E-state index is 0.272. The highest BCUT2D eigenvalue weighted by Gasteiger charge is 2.11. The van der Waals surface area contributed by atoms with Gasteiger partial charge in [-0.3, -0.25) is 0 Å². The quantitative estimate of drug-likeness (QED) is 0.668. The molecule has 2 aromatic rings. The fourth-order valence-corrected chi connectivity index (χ4v) is 1.94. The zero-order valence-corrected chi connectivity index (χ0v) is 8.85. The summed E-state index contributed by atoms with van der Waals surface area (Å²) in [4.78, 5) is 0. The van der Waals surface area contributed by atoms with Crippen LogP contribution in [0.3, 0.4) is 0 Å². The number of hydrogen-bond acceptors (Lipinski definition) is 2. The van der Waals surface area contributed by atoms with Gasteiger partial charge in [-0.15, -0.1) is 0 Å². The Morgan fingerprint density at radius 3 is 1.75 bits per heavy atom. The molecule has 16 heavy (non-hydrogen) atoms. The number of rotatable bonds is 0. The molecule has 0 radical (unpaired) electrons. The predicted octanol–water partition coefficient (Wildman–Crippen LogP) is 3.01. The average molecular weight is 212 g/mol. The Hall–Kier alpha value is -1.96. The van der Waals surface area contributed by atoms with Crippen molar-refractivity contribution in [3.63, 3.8) is 0 Å². The van der Waals surface area contributed by atoms with Crippen molar-refractivity contribution in [2.45, 2.75) is 6.42 Å². The molecule has 0 aromatic heterocycles. The van der Waals surface area contributed by atoms with Crippen molar-refractivity contribution in [1.82, 2.24) is 0 Å². The molecule has 0 saturated carbocycles. The summed E-state index contributed by atoms with van der Waals surface area (Å²) in [5.41, 5.74) is 2.41. The van der Waals surface area contributed by atoms with E-state index in [0.717, 1.165) is 17.9 Å². The zero-order chi connectivity index (χ0) is 10.8. The van der Waals surface area contributed by atoms with Gasteiger partial charge in [-0.1, -0.05) is 36.4 Å². The molecule has 0 unspecified atom stereocenters. The summed E-state index contributed by atoms with van der Waals surface area (Å²) in [5.74, 6) is 1.83. The molecular weight excluding hydrogens is 200 g/mol. The van der Waals surface area contributed by atoms with Gasteiger partial charge in [0.25, 0.3) is 0 Å². The van der Waals surface area contributed by atoms with Crippen LogP contribution in [0.25, 0.3) is 0 Å². The van der Waals surface area contributed by atoms with Crippen LogP contribution in [0.5, 0.6) is 11.5 Å². The van der Waals surface area contributed by atoms with Crippen molar-refractivity contribution >= 4 is 0 Å². The van der Waals surface area contributed by atoms with Crippen LogP contribution in [-0.4, -0.2) is 6.79 Å². The van der Waals surface area contributed by atoms with Gasteiger partial charge >= 0.3 is 0 Å². The molecule has 2 heteroatoms. The molecule has 2 nitrogen and oxygen atoms in total. The Morgan fingerprint density at radius 1 is 0.688 bits per heavy atom. The van der Waals surface area contributed by atoms with Gasteiger partial charge in [-0.25, -0.2) is 0 Å². The third kappa shape index (κ3) is 1.63. The summed E-state index contributed by atoms with van der Waals surface area (Å²) in [6.45, 7) is 0.272. The molecule has 3 rings (SSSR count). The summed E-state index contributed by atoms with van der Waals surface area (Å²) in [6, 6.07) is 16.2. The van der Waals surface area contributed by atoms with Crippen molar-refractivity contribution in [3.8, 4) is 11.5 Å². The van der Waals surface area contributed by atoms with Crippen LogP contribution in [0.2, 0.25) is 0 Å². The van der Waals surface area contributed by atoms with Crippen molar-refractivity contribution in [1.29, 1.82) is 0 Å². The van der Waals surface area contributed by atoms with Crippen molar-refractivity contribution in [2.24, 2.45) is 0 Å². The highest BCUT2D eigenvalue weighted by Crippen LogP contribution is 2.28. The Kier molecular flexibility index (Phi) is 2.26. The predicted molar refractivity (Wildman–Crippen MR) is 61.8 cm³/mol. The highest BCUT2D eigenvalue weighted by atomic mass is 16.7. The van der Waals surface area contributed by atoms with E-state index in [1.165, 1.54) is 11.1 Å².